The zero-order valence-electron chi connectivity index (χ0n) is 5.22. The summed E-state index contributed by atoms with van der Waals surface area (Å²) in [4.78, 5) is -2.75. The Morgan fingerprint density at radius 2 is 1.56 bits per heavy atom. The molecule has 4 heteroatoms. The van der Waals surface area contributed by atoms with E-state index in [9.17, 15) is 8.78 Å². The molecule has 0 spiro atoms. The van der Waals surface area contributed by atoms with Gasteiger partial charge < -0.3 is 0 Å². The van der Waals surface area contributed by atoms with Gasteiger partial charge in [0, 0.05) is 10.7 Å². The van der Waals surface area contributed by atoms with Crippen LogP contribution in [0.1, 0.15) is 20.3 Å². The maximum Gasteiger partial charge on any atom is 0.302 e. The van der Waals surface area contributed by atoms with Crippen molar-refractivity contribution in [2.45, 2.75) is 29.4 Å². The first-order valence-electron chi connectivity index (χ1n) is 2.46. The van der Waals surface area contributed by atoms with Crippen molar-refractivity contribution in [1.82, 2.24) is 0 Å². The van der Waals surface area contributed by atoms with Gasteiger partial charge in [0.1, 0.15) is 0 Å². The SMILES string of the molecule is CC(C)(Br)CC(F)(F)Br. The van der Waals surface area contributed by atoms with Crippen molar-refractivity contribution >= 4 is 31.9 Å². The molecule has 0 radical (unpaired) electrons. The van der Waals surface area contributed by atoms with E-state index in [0.29, 0.717) is 0 Å². The van der Waals surface area contributed by atoms with Crippen LogP contribution in [0.15, 0.2) is 0 Å². The minimum absolute atomic E-state index is 0.208. The fraction of sp³-hybridized carbons (Fsp3) is 1.00. The first-order valence-corrected chi connectivity index (χ1v) is 4.05. The third-order valence-corrected chi connectivity index (χ3v) is 1.18. The summed E-state index contributed by atoms with van der Waals surface area (Å²) in [5.74, 6) is 0. The Hall–Kier alpha value is 0.820. The molecule has 0 saturated carbocycles. The highest BCUT2D eigenvalue weighted by atomic mass is 79.9. The molecular formula is C5H8Br2F2. The Bertz CT molecular complexity index is 78.1. The van der Waals surface area contributed by atoms with Crippen LogP contribution in [-0.2, 0) is 0 Å². The Labute approximate surface area is 70.3 Å². The zero-order valence-corrected chi connectivity index (χ0v) is 8.39. The lowest BCUT2D eigenvalue weighted by Gasteiger charge is -2.18. The lowest BCUT2D eigenvalue weighted by atomic mass is 10.1. The molecule has 0 aliphatic heterocycles. The van der Waals surface area contributed by atoms with Crippen molar-refractivity contribution < 1.29 is 8.78 Å². The van der Waals surface area contributed by atoms with Crippen LogP contribution in [-0.4, -0.2) is 9.16 Å². The van der Waals surface area contributed by atoms with Crippen molar-refractivity contribution in [1.29, 1.82) is 0 Å². The van der Waals surface area contributed by atoms with Gasteiger partial charge in [0.15, 0.2) is 0 Å². The highest BCUT2D eigenvalue weighted by Gasteiger charge is 2.31. The van der Waals surface area contributed by atoms with Crippen molar-refractivity contribution in [3.05, 3.63) is 0 Å². The molecule has 0 heterocycles. The summed E-state index contributed by atoms with van der Waals surface area (Å²) in [7, 11) is 0. The van der Waals surface area contributed by atoms with Gasteiger partial charge in [0.2, 0.25) is 0 Å². The molecule has 0 N–H and O–H groups in total. The number of alkyl halides is 4. The van der Waals surface area contributed by atoms with Gasteiger partial charge in [0.05, 0.1) is 0 Å². The summed E-state index contributed by atoms with van der Waals surface area (Å²) < 4.78 is 23.7. The summed E-state index contributed by atoms with van der Waals surface area (Å²) in [6.07, 6.45) is -0.208. The van der Waals surface area contributed by atoms with Crippen LogP contribution in [0.4, 0.5) is 8.78 Å². The van der Waals surface area contributed by atoms with Crippen molar-refractivity contribution in [2.24, 2.45) is 0 Å². The first-order chi connectivity index (χ1) is 3.71. The third kappa shape index (κ3) is 8.82. The molecule has 0 unspecified atom stereocenters. The fourth-order valence-corrected chi connectivity index (χ4v) is 1.91. The minimum atomic E-state index is -2.75. The maximum absolute atomic E-state index is 12.1. The number of hydrogen-bond acceptors (Lipinski definition) is 0. The molecule has 0 aliphatic carbocycles. The highest BCUT2D eigenvalue weighted by molar-refractivity contribution is 9.10. The average Bonchev–Trinajstić information content (AvgIpc) is 1.14. The molecule has 9 heavy (non-hydrogen) atoms. The molecule has 0 aliphatic rings. The van der Waals surface area contributed by atoms with Gasteiger partial charge in [-0.25, -0.2) is 0 Å². The normalized spacial score (nSPS) is 14.0. The summed E-state index contributed by atoms with van der Waals surface area (Å²) in [5, 5.41) is 0. The van der Waals surface area contributed by atoms with Crippen LogP contribution in [0, 0.1) is 0 Å². The highest BCUT2D eigenvalue weighted by Crippen LogP contribution is 2.35. The second kappa shape index (κ2) is 2.82. The molecule has 0 saturated heterocycles. The van der Waals surface area contributed by atoms with Crippen LogP contribution in [0.25, 0.3) is 0 Å². The van der Waals surface area contributed by atoms with Crippen LogP contribution >= 0.6 is 31.9 Å². The smallest absolute Gasteiger partial charge is 0.194 e. The van der Waals surface area contributed by atoms with Crippen LogP contribution in [0.3, 0.4) is 0 Å². The molecule has 0 aromatic heterocycles. The van der Waals surface area contributed by atoms with E-state index in [-0.39, 0.29) is 6.42 Å². The van der Waals surface area contributed by atoms with Crippen molar-refractivity contribution in [3.8, 4) is 0 Å². The molecule has 56 valence electrons. The maximum atomic E-state index is 12.1. The lowest BCUT2D eigenvalue weighted by molar-refractivity contribution is 0.0959. The molecule has 0 aromatic carbocycles. The number of rotatable bonds is 2. The topological polar surface area (TPSA) is 0 Å². The molecule has 0 fully saturated rings. The van der Waals surface area contributed by atoms with Crippen molar-refractivity contribution in [2.75, 3.05) is 0 Å². The van der Waals surface area contributed by atoms with Gasteiger partial charge in [-0.1, -0.05) is 15.9 Å². The number of hydrogen-bond donors (Lipinski definition) is 0. The van der Waals surface area contributed by atoms with Gasteiger partial charge in [-0.3, -0.25) is 0 Å². The van der Waals surface area contributed by atoms with Crippen molar-refractivity contribution in [3.63, 3.8) is 0 Å². The van der Waals surface area contributed by atoms with E-state index in [2.05, 4.69) is 31.9 Å². The van der Waals surface area contributed by atoms with E-state index >= 15 is 0 Å². The van der Waals surface area contributed by atoms with Crippen LogP contribution in [0.2, 0.25) is 0 Å². The summed E-state index contributed by atoms with van der Waals surface area (Å²) in [5.41, 5.74) is 0. The van der Waals surface area contributed by atoms with E-state index in [1.165, 1.54) is 0 Å². The third-order valence-electron chi connectivity index (χ3n) is 0.621. The monoisotopic (exact) mass is 264 g/mol. The molecule has 0 amide bonds. The van der Waals surface area contributed by atoms with Gasteiger partial charge in [-0.2, -0.15) is 8.78 Å². The Morgan fingerprint density at radius 3 is 1.56 bits per heavy atom. The summed E-state index contributed by atoms with van der Waals surface area (Å²) in [6, 6.07) is 0. The largest absolute Gasteiger partial charge is 0.302 e. The second-order valence-electron chi connectivity index (χ2n) is 2.51. The fourth-order valence-electron chi connectivity index (χ4n) is 0.477. The Balaban J connectivity index is 3.75. The average molecular weight is 266 g/mol. The van der Waals surface area contributed by atoms with Crippen LogP contribution < -0.4 is 0 Å². The van der Waals surface area contributed by atoms with Gasteiger partial charge in [-0.15, -0.1) is 0 Å². The van der Waals surface area contributed by atoms with E-state index in [0.717, 1.165) is 0 Å². The number of halogens is 4. The Kier molecular flexibility index (Phi) is 3.08. The quantitative estimate of drug-likeness (QED) is 0.670. The summed E-state index contributed by atoms with van der Waals surface area (Å²) >= 11 is 5.36. The van der Waals surface area contributed by atoms with Crippen LogP contribution in [0.5, 0.6) is 0 Å². The molecule has 0 aromatic rings. The van der Waals surface area contributed by atoms with E-state index < -0.39 is 9.16 Å². The zero-order chi connectivity index (χ0) is 7.71. The molecule has 0 nitrogen and oxygen atoms in total. The predicted octanol–water partition coefficient (Wildman–Crippen LogP) is 3.54. The molecule has 0 bridgehead atoms. The van der Waals surface area contributed by atoms with Gasteiger partial charge in [-0.05, 0) is 29.8 Å². The molecule has 0 atom stereocenters. The van der Waals surface area contributed by atoms with E-state index in [1.54, 1.807) is 13.8 Å². The van der Waals surface area contributed by atoms with Gasteiger partial charge >= 0.3 is 4.83 Å². The first kappa shape index (κ1) is 9.82. The van der Waals surface area contributed by atoms with E-state index in [4.69, 9.17) is 0 Å². The molecule has 0 rings (SSSR count). The second-order valence-corrected chi connectivity index (χ2v) is 5.82. The van der Waals surface area contributed by atoms with Gasteiger partial charge in [0.25, 0.3) is 0 Å². The minimum Gasteiger partial charge on any atom is -0.194 e. The predicted molar refractivity (Wildman–Crippen MR) is 41.5 cm³/mol. The lowest BCUT2D eigenvalue weighted by Crippen LogP contribution is -2.20. The Morgan fingerprint density at radius 1 is 1.22 bits per heavy atom. The van der Waals surface area contributed by atoms with E-state index in [1.807, 2.05) is 0 Å². The summed E-state index contributed by atoms with van der Waals surface area (Å²) in [6.45, 7) is 3.39. The molecular weight excluding hydrogens is 258 g/mol. The standard InChI is InChI=1S/C5H8Br2F2/c1-4(2,6)3-5(7,8)9/h3H2,1-2H3.